The number of furan rings is 1. The summed E-state index contributed by atoms with van der Waals surface area (Å²) >= 11 is 0. The third kappa shape index (κ3) is 8.78. The Kier molecular flexibility index (Phi) is 10.5. The van der Waals surface area contributed by atoms with E-state index in [4.69, 9.17) is 9.41 Å². The smallest absolute Gasteiger partial charge is 0.234 e. The zero-order chi connectivity index (χ0) is 20.0. The van der Waals surface area contributed by atoms with Gasteiger partial charge >= 0.3 is 0 Å². The van der Waals surface area contributed by atoms with Gasteiger partial charge in [-0.2, -0.15) is 0 Å². The predicted molar refractivity (Wildman–Crippen MR) is 114 cm³/mol. The lowest BCUT2D eigenvalue weighted by molar-refractivity contribution is -0.122. The number of carbonyl (C=O) groups is 1. The van der Waals surface area contributed by atoms with Crippen LogP contribution in [0, 0.1) is 0 Å². The van der Waals surface area contributed by atoms with Crippen LogP contribution in [-0.4, -0.2) is 62.1 Å². The van der Waals surface area contributed by atoms with E-state index >= 15 is 0 Å². The van der Waals surface area contributed by atoms with Crippen molar-refractivity contribution in [3.63, 3.8) is 0 Å². The van der Waals surface area contributed by atoms with Gasteiger partial charge in [-0.05, 0) is 37.8 Å². The van der Waals surface area contributed by atoms with E-state index in [9.17, 15) is 4.79 Å². The number of rotatable bonds is 11. The molecule has 1 aromatic rings. The highest BCUT2D eigenvalue weighted by molar-refractivity contribution is 5.80. The Labute approximate surface area is 169 Å². The number of amides is 1. The number of piperidine rings is 1. The highest BCUT2D eigenvalue weighted by Gasteiger charge is 2.21. The maximum Gasteiger partial charge on any atom is 0.234 e. The molecule has 1 aliphatic heterocycles. The number of nitrogens with zero attached hydrogens (tertiary/aromatic N) is 2. The summed E-state index contributed by atoms with van der Waals surface area (Å²) in [6.07, 6.45) is 7.80. The van der Waals surface area contributed by atoms with Gasteiger partial charge in [0, 0.05) is 45.2 Å². The van der Waals surface area contributed by atoms with E-state index in [-0.39, 0.29) is 5.91 Å². The fourth-order valence-corrected chi connectivity index (χ4v) is 3.21. The second kappa shape index (κ2) is 13.2. The maximum absolute atomic E-state index is 11.9. The van der Waals surface area contributed by atoms with E-state index < -0.39 is 0 Å². The molecule has 7 nitrogen and oxygen atoms in total. The fraction of sp³-hybridized carbons (Fsp3) is 0.714. The highest BCUT2D eigenvalue weighted by Crippen LogP contribution is 2.10. The molecule has 1 amide bonds. The number of unbranched alkanes of at least 4 members (excludes halogenated alkanes) is 1. The monoisotopic (exact) mass is 391 g/mol. The maximum atomic E-state index is 11.9. The van der Waals surface area contributed by atoms with Crippen molar-refractivity contribution in [3.8, 4) is 0 Å². The molecule has 7 heteroatoms. The lowest BCUT2D eigenvalue weighted by atomic mass is 10.1. The van der Waals surface area contributed by atoms with Crippen molar-refractivity contribution in [1.82, 2.24) is 20.9 Å². The molecular weight excluding hydrogens is 354 g/mol. The lowest BCUT2D eigenvalue weighted by Gasteiger charge is -2.32. The van der Waals surface area contributed by atoms with Gasteiger partial charge in [-0.1, -0.05) is 20.3 Å². The summed E-state index contributed by atoms with van der Waals surface area (Å²) in [5.74, 6) is 2.00. The van der Waals surface area contributed by atoms with Gasteiger partial charge in [-0.25, -0.2) is 0 Å². The van der Waals surface area contributed by atoms with E-state index in [1.807, 2.05) is 12.1 Å². The largest absolute Gasteiger partial charge is 0.469 e. The normalized spacial score (nSPS) is 16.1. The van der Waals surface area contributed by atoms with Gasteiger partial charge in [0.1, 0.15) is 5.76 Å². The quantitative estimate of drug-likeness (QED) is 0.306. The first kappa shape index (κ1) is 22.3. The van der Waals surface area contributed by atoms with Crippen molar-refractivity contribution >= 4 is 11.9 Å². The summed E-state index contributed by atoms with van der Waals surface area (Å²) in [5, 5.41) is 9.97. The molecule has 0 radical (unpaired) electrons. The van der Waals surface area contributed by atoms with Crippen molar-refractivity contribution in [2.45, 2.75) is 58.4 Å². The average Bonchev–Trinajstić information content (AvgIpc) is 3.21. The van der Waals surface area contributed by atoms with E-state index in [1.54, 1.807) is 6.26 Å². The second-order valence-corrected chi connectivity index (χ2v) is 7.38. The number of guanidine groups is 1. The zero-order valence-corrected chi connectivity index (χ0v) is 17.5. The van der Waals surface area contributed by atoms with Crippen molar-refractivity contribution < 1.29 is 9.21 Å². The van der Waals surface area contributed by atoms with Crippen LogP contribution >= 0.6 is 0 Å². The molecule has 0 aromatic carbocycles. The van der Waals surface area contributed by atoms with Crippen LogP contribution in [-0.2, 0) is 11.2 Å². The van der Waals surface area contributed by atoms with Gasteiger partial charge in [0.25, 0.3) is 0 Å². The van der Waals surface area contributed by atoms with Gasteiger partial charge in [0.15, 0.2) is 5.96 Å². The molecular formula is C21H37N5O2. The van der Waals surface area contributed by atoms with Crippen LogP contribution in [0.25, 0.3) is 0 Å². The summed E-state index contributed by atoms with van der Waals surface area (Å²) in [6, 6.07) is 4.31. The van der Waals surface area contributed by atoms with Crippen LogP contribution in [0.2, 0.25) is 0 Å². The Bertz CT molecular complexity index is 565. The van der Waals surface area contributed by atoms with Crippen LogP contribution in [0.15, 0.2) is 27.8 Å². The third-order valence-electron chi connectivity index (χ3n) is 4.89. The summed E-state index contributed by atoms with van der Waals surface area (Å²) in [5.41, 5.74) is 0. The molecule has 28 heavy (non-hydrogen) atoms. The number of aliphatic imine (C=N–C) groups is 1. The van der Waals surface area contributed by atoms with Crippen molar-refractivity contribution in [2.75, 3.05) is 39.3 Å². The van der Waals surface area contributed by atoms with Gasteiger partial charge in [-0.15, -0.1) is 0 Å². The van der Waals surface area contributed by atoms with Gasteiger partial charge < -0.3 is 20.4 Å². The van der Waals surface area contributed by atoms with E-state index in [1.165, 1.54) is 0 Å². The highest BCUT2D eigenvalue weighted by atomic mass is 16.3. The van der Waals surface area contributed by atoms with Crippen molar-refractivity contribution in [1.29, 1.82) is 0 Å². The van der Waals surface area contributed by atoms with Crippen LogP contribution in [0.5, 0.6) is 0 Å². The Morgan fingerprint density at radius 3 is 2.71 bits per heavy atom. The van der Waals surface area contributed by atoms with Crippen LogP contribution < -0.4 is 16.0 Å². The molecule has 1 aliphatic rings. The predicted octanol–water partition coefficient (Wildman–Crippen LogP) is 2.15. The molecule has 1 aromatic heterocycles. The Hall–Kier alpha value is -2.02. The number of likely N-dealkylation sites (tertiary alicyclic amines) is 1. The topological polar surface area (TPSA) is 81.9 Å². The van der Waals surface area contributed by atoms with Crippen molar-refractivity contribution in [3.05, 3.63) is 24.2 Å². The SMILES string of the molecule is CCCCN=C(NCCc1ccco1)NC1CCN(CC(=O)NCCC)CC1. The van der Waals surface area contributed by atoms with E-state index in [0.717, 1.165) is 83.0 Å². The summed E-state index contributed by atoms with van der Waals surface area (Å²) in [4.78, 5) is 18.8. The lowest BCUT2D eigenvalue weighted by Crippen LogP contribution is -2.50. The first-order chi connectivity index (χ1) is 13.7. The molecule has 2 heterocycles. The molecule has 3 N–H and O–H groups in total. The standard InChI is InChI=1S/C21H37N5O2/c1-3-5-12-23-21(24-13-8-19-7-6-16-28-19)25-18-9-14-26(15-10-18)17-20(27)22-11-4-2/h6-7,16,18H,3-5,8-15,17H2,1-2H3,(H,22,27)(H2,23,24,25). The minimum Gasteiger partial charge on any atom is -0.469 e. The minimum absolute atomic E-state index is 0.134. The minimum atomic E-state index is 0.134. The first-order valence-electron chi connectivity index (χ1n) is 10.8. The average molecular weight is 392 g/mol. The first-order valence-corrected chi connectivity index (χ1v) is 10.8. The number of carbonyl (C=O) groups excluding carboxylic acids is 1. The molecule has 0 aliphatic carbocycles. The second-order valence-electron chi connectivity index (χ2n) is 7.38. The molecule has 0 saturated carbocycles. The molecule has 0 spiro atoms. The van der Waals surface area contributed by atoms with E-state index in [2.05, 4.69) is 34.7 Å². The van der Waals surface area contributed by atoms with Gasteiger partial charge in [0.2, 0.25) is 5.91 Å². The molecule has 0 bridgehead atoms. The Morgan fingerprint density at radius 2 is 2.04 bits per heavy atom. The number of hydrogen-bond donors (Lipinski definition) is 3. The molecule has 1 fully saturated rings. The summed E-state index contributed by atoms with van der Waals surface area (Å²) in [6.45, 7) is 9.02. The van der Waals surface area contributed by atoms with Crippen LogP contribution in [0.1, 0.15) is 51.7 Å². The molecule has 0 atom stereocenters. The molecule has 158 valence electrons. The number of nitrogens with one attached hydrogen (secondary N) is 3. The van der Waals surface area contributed by atoms with Gasteiger partial charge in [0.05, 0.1) is 12.8 Å². The fourth-order valence-electron chi connectivity index (χ4n) is 3.21. The zero-order valence-electron chi connectivity index (χ0n) is 17.5. The van der Waals surface area contributed by atoms with E-state index in [0.29, 0.717) is 12.6 Å². The number of hydrogen-bond acceptors (Lipinski definition) is 4. The van der Waals surface area contributed by atoms with Crippen LogP contribution in [0.3, 0.4) is 0 Å². The van der Waals surface area contributed by atoms with Gasteiger partial charge in [-0.3, -0.25) is 14.7 Å². The Morgan fingerprint density at radius 1 is 1.21 bits per heavy atom. The summed E-state index contributed by atoms with van der Waals surface area (Å²) < 4.78 is 5.39. The molecule has 2 rings (SSSR count). The van der Waals surface area contributed by atoms with Crippen LogP contribution in [0.4, 0.5) is 0 Å². The molecule has 0 unspecified atom stereocenters. The third-order valence-corrected chi connectivity index (χ3v) is 4.89. The summed E-state index contributed by atoms with van der Waals surface area (Å²) in [7, 11) is 0. The Balaban J connectivity index is 1.73. The van der Waals surface area contributed by atoms with Crippen molar-refractivity contribution in [2.24, 2.45) is 4.99 Å². The molecule has 1 saturated heterocycles.